The van der Waals surface area contributed by atoms with Gasteiger partial charge in [-0.05, 0) is 11.2 Å². The lowest BCUT2D eigenvalue weighted by atomic mass is 10.6. The summed E-state index contributed by atoms with van der Waals surface area (Å²) in [5.41, 5.74) is 0.627. The molecule has 54 valence electrons. The topological polar surface area (TPSA) is 59.6 Å². The lowest BCUT2D eigenvalue weighted by Gasteiger charge is -1.85. The van der Waals surface area contributed by atoms with Crippen LogP contribution in [0.5, 0.6) is 0 Å². The molecule has 2 rings (SSSR count). The summed E-state index contributed by atoms with van der Waals surface area (Å²) >= 11 is 0. The molecule has 0 fully saturated rings. The predicted molar refractivity (Wildman–Crippen MR) is 38.4 cm³/mol. The molecule has 0 radical (unpaired) electrons. The third-order valence-corrected chi connectivity index (χ3v) is 1.32. The molecule has 2 aromatic rings. The van der Waals surface area contributed by atoms with Crippen LogP contribution in [-0.2, 0) is 0 Å². The lowest BCUT2D eigenvalue weighted by Crippen LogP contribution is -1.85. The third-order valence-electron chi connectivity index (χ3n) is 1.32. The number of aromatic nitrogens is 3. The Balaban J connectivity index is 2.78. The van der Waals surface area contributed by atoms with E-state index >= 15 is 0 Å². The summed E-state index contributed by atoms with van der Waals surface area (Å²) < 4.78 is 1.50. The fourth-order valence-electron chi connectivity index (χ4n) is 0.862. The standard InChI is InChI=1S/C6H4N4O/c11-9-5-4-6-7-2-1-3-10(6)8-5/h1-4H. The molecule has 0 spiro atoms. The monoisotopic (exact) mass is 148 g/mol. The summed E-state index contributed by atoms with van der Waals surface area (Å²) in [7, 11) is 0. The molecule has 0 saturated carbocycles. The maximum absolute atomic E-state index is 10.0. The van der Waals surface area contributed by atoms with Gasteiger partial charge < -0.3 is 0 Å². The van der Waals surface area contributed by atoms with Gasteiger partial charge in [-0.15, -0.1) is 10.0 Å². The number of nitroso groups, excluding NO2 is 1. The van der Waals surface area contributed by atoms with Crippen molar-refractivity contribution in [1.82, 2.24) is 14.6 Å². The molecular weight excluding hydrogens is 144 g/mol. The van der Waals surface area contributed by atoms with Crippen LogP contribution in [0.1, 0.15) is 0 Å². The van der Waals surface area contributed by atoms with Gasteiger partial charge in [0.1, 0.15) is 0 Å². The molecule has 0 saturated heterocycles. The van der Waals surface area contributed by atoms with E-state index in [1.807, 2.05) is 0 Å². The van der Waals surface area contributed by atoms with E-state index in [4.69, 9.17) is 0 Å². The first-order chi connectivity index (χ1) is 5.40. The van der Waals surface area contributed by atoms with Gasteiger partial charge in [-0.3, -0.25) is 0 Å². The zero-order chi connectivity index (χ0) is 7.68. The zero-order valence-corrected chi connectivity index (χ0v) is 5.51. The van der Waals surface area contributed by atoms with Crippen molar-refractivity contribution < 1.29 is 0 Å². The summed E-state index contributed by atoms with van der Waals surface area (Å²) in [6.07, 6.45) is 3.34. The molecule has 0 amide bonds. The van der Waals surface area contributed by atoms with Crippen LogP contribution >= 0.6 is 0 Å². The van der Waals surface area contributed by atoms with Crippen molar-refractivity contribution in [2.75, 3.05) is 0 Å². The van der Waals surface area contributed by atoms with Gasteiger partial charge in [0.05, 0.1) is 0 Å². The second-order valence-electron chi connectivity index (χ2n) is 2.02. The minimum Gasteiger partial charge on any atom is -0.237 e. The third kappa shape index (κ3) is 0.861. The van der Waals surface area contributed by atoms with Crippen molar-refractivity contribution in [1.29, 1.82) is 0 Å². The highest BCUT2D eigenvalue weighted by Gasteiger charge is 1.99. The molecule has 0 bridgehead atoms. The fraction of sp³-hybridized carbons (Fsp3) is 0. The smallest absolute Gasteiger partial charge is 0.220 e. The van der Waals surface area contributed by atoms with Gasteiger partial charge in [-0.2, -0.15) is 0 Å². The van der Waals surface area contributed by atoms with Gasteiger partial charge in [0.15, 0.2) is 5.65 Å². The molecule has 5 heteroatoms. The first-order valence-corrected chi connectivity index (χ1v) is 3.04. The van der Waals surface area contributed by atoms with E-state index in [0.717, 1.165) is 0 Å². The van der Waals surface area contributed by atoms with Crippen LogP contribution in [0.2, 0.25) is 0 Å². The Morgan fingerprint density at radius 2 is 2.45 bits per heavy atom. The Morgan fingerprint density at radius 1 is 1.55 bits per heavy atom. The van der Waals surface area contributed by atoms with Gasteiger partial charge in [-0.1, -0.05) is 0 Å². The number of fused-ring (bicyclic) bond motifs is 1. The Labute approximate surface area is 61.7 Å². The number of hydrogen-bond acceptors (Lipinski definition) is 4. The van der Waals surface area contributed by atoms with E-state index in [1.165, 1.54) is 10.6 Å². The first kappa shape index (κ1) is 5.96. The van der Waals surface area contributed by atoms with Gasteiger partial charge >= 0.3 is 0 Å². The molecular formula is C6H4N4O. The first-order valence-electron chi connectivity index (χ1n) is 3.04. The van der Waals surface area contributed by atoms with Gasteiger partial charge in [0.25, 0.3) is 0 Å². The van der Waals surface area contributed by atoms with Crippen LogP contribution in [0.15, 0.2) is 29.7 Å². The van der Waals surface area contributed by atoms with Crippen LogP contribution in [0.3, 0.4) is 0 Å². The maximum Gasteiger partial charge on any atom is 0.220 e. The average Bonchev–Trinajstić information content (AvgIpc) is 2.46. The van der Waals surface area contributed by atoms with E-state index in [9.17, 15) is 4.91 Å². The highest BCUT2D eigenvalue weighted by atomic mass is 16.3. The summed E-state index contributed by atoms with van der Waals surface area (Å²) in [6.45, 7) is 0. The van der Waals surface area contributed by atoms with Crippen molar-refractivity contribution in [3.05, 3.63) is 29.4 Å². The summed E-state index contributed by atoms with van der Waals surface area (Å²) in [5, 5.41) is 6.49. The molecule has 11 heavy (non-hydrogen) atoms. The minimum atomic E-state index is 0.156. The van der Waals surface area contributed by atoms with Crippen LogP contribution < -0.4 is 0 Å². The summed E-state index contributed by atoms with van der Waals surface area (Å²) in [6, 6.07) is 3.25. The highest BCUT2D eigenvalue weighted by Crippen LogP contribution is 2.09. The molecule has 5 nitrogen and oxygen atoms in total. The van der Waals surface area contributed by atoms with Crippen molar-refractivity contribution in [2.45, 2.75) is 0 Å². The molecule has 0 atom stereocenters. The molecule has 0 aliphatic rings. The maximum atomic E-state index is 10.0. The van der Waals surface area contributed by atoms with E-state index in [2.05, 4.69) is 15.3 Å². The Morgan fingerprint density at radius 3 is 3.18 bits per heavy atom. The van der Waals surface area contributed by atoms with E-state index in [-0.39, 0.29) is 5.82 Å². The van der Waals surface area contributed by atoms with Crippen molar-refractivity contribution in [2.24, 2.45) is 5.18 Å². The molecule has 2 heterocycles. The van der Waals surface area contributed by atoms with Crippen molar-refractivity contribution in [3.8, 4) is 0 Å². The van der Waals surface area contributed by atoms with E-state index in [0.29, 0.717) is 5.65 Å². The molecule has 0 N–H and O–H groups in total. The van der Waals surface area contributed by atoms with Gasteiger partial charge in [-0.25, -0.2) is 9.50 Å². The van der Waals surface area contributed by atoms with E-state index < -0.39 is 0 Å². The van der Waals surface area contributed by atoms with Gasteiger partial charge in [0, 0.05) is 18.5 Å². The van der Waals surface area contributed by atoms with E-state index in [1.54, 1.807) is 18.5 Å². The largest absolute Gasteiger partial charge is 0.237 e. The second-order valence-corrected chi connectivity index (χ2v) is 2.02. The summed E-state index contributed by atoms with van der Waals surface area (Å²) in [4.78, 5) is 14.0. The minimum absolute atomic E-state index is 0.156. The quantitative estimate of drug-likeness (QED) is 0.569. The Hall–Kier alpha value is -1.78. The average molecular weight is 148 g/mol. The fourth-order valence-corrected chi connectivity index (χ4v) is 0.862. The number of rotatable bonds is 1. The number of hydrogen-bond donors (Lipinski definition) is 0. The highest BCUT2D eigenvalue weighted by molar-refractivity contribution is 5.46. The number of nitrogens with zero attached hydrogens (tertiary/aromatic N) is 4. The Bertz CT molecular complexity index is 361. The molecule has 0 aromatic carbocycles. The predicted octanol–water partition coefficient (Wildman–Crippen LogP) is 1.13. The molecule has 2 aromatic heterocycles. The van der Waals surface area contributed by atoms with Crippen LogP contribution in [0, 0.1) is 4.91 Å². The Kier molecular flexibility index (Phi) is 1.15. The molecule has 0 unspecified atom stereocenters. The summed E-state index contributed by atoms with van der Waals surface area (Å²) in [5.74, 6) is 0.156. The lowest BCUT2D eigenvalue weighted by molar-refractivity contribution is 0.937. The van der Waals surface area contributed by atoms with Gasteiger partial charge in [0.2, 0.25) is 5.82 Å². The molecule has 0 aliphatic heterocycles. The SMILES string of the molecule is O=Nc1cc2ncccn2n1. The van der Waals surface area contributed by atoms with Crippen LogP contribution in [0.4, 0.5) is 5.82 Å². The van der Waals surface area contributed by atoms with Crippen molar-refractivity contribution >= 4 is 11.5 Å². The normalized spacial score (nSPS) is 10.2. The van der Waals surface area contributed by atoms with Crippen molar-refractivity contribution in [3.63, 3.8) is 0 Å². The van der Waals surface area contributed by atoms with Crippen LogP contribution in [-0.4, -0.2) is 14.6 Å². The van der Waals surface area contributed by atoms with Crippen LogP contribution in [0.25, 0.3) is 5.65 Å². The molecule has 0 aliphatic carbocycles. The second kappa shape index (κ2) is 2.12. The zero-order valence-electron chi connectivity index (χ0n) is 5.51.